The summed E-state index contributed by atoms with van der Waals surface area (Å²) in [6.45, 7) is 14.2. The maximum Gasteiger partial charge on any atom is 0.246 e. The van der Waals surface area contributed by atoms with Crippen molar-refractivity contribution < 1.29 is 14.3 Å². The van der Waals surface area contributed by atoms with Crippen LogP contribution in [0.4, 0.5) is 0 Å². The van der Waals surface area contributed by atoms with Crippen LogP contribution in [0.5, 0.6) is 0 Å². The number of likely N-dealkylation sites (tertiary alicyclic amines) is 1. The lowest BCUT2D eigenvalue weighted by Crippen LogP contribution is -2.56. The molecule has 2 heterocycles. The molecule has 2 atom stereocenters. The highest BCUT2D eigenvalue weighted by atomic mass is 16.5. The Kier molecular flexibility index (Phi) is 7.85. The number of hydrogen-bond donors (Lipinski definition) is 2. The third-order valence-electron chi connectivity index (χ3n) is 5.25. The highest BCUT2D eigenvalue weighted by Gasteiger charge is 2.38. The van der Waals surface area contributed by atoms with E-state index in [0.717, 1.165) is 52.1 Å². The van der Waals surface area contributed by atoms with E-state index in [1.807, 2.05) is 25.7 Å². The SMILES string of the molecule is CC1CCCN1C(=O)C(NC(=O)COCCN1CCNCC1)C(C)(C)C. The molecule has 7 nitrogen and oxygen atoms in total. The highest BCUT2D eigenvalue weighted by Crippen LogP contribution is 2.25. The van der Waals surface area contributed by atoms with Crippen LogP contribution >= 0.6 is 0 Å². The van der Waals surface area contributed by atoms with Crippen molar-refractivity contribution in [3.8, 4) is 0 Å². The Hall–Kier alpha value is -1.18. The van der Waals surface area contributed by atoms with Crippen molar-refractivity contribution >= 4 is 11.8 Å². The lowest BCUT2D eigenvalue weighted by Gasteiger charge is -2.35. The van der Waals surface area contributed by atoms with Crippen LogP contribution in [0.15, 0.2) is 0 Å². The second-order valence-electron chi connectivity index (χ2n) is 8.53. The molecule has 2 unspecified atom stereocenters. The smallest absolute Gasteiger partial charge is 0.246 e. The molecule has 0 radical (unpaired) electrons. The molecule has 2 fully saturated rings. The van der Waals surface area contributed by atoms with Gasteiger partial charge in [-0.2, -0.15) is 0 Å². The van der Waals surface area contributed by atoms with Crippen LogP contribution in [0.1, 0.15) is 40.5 Å². The summed E-state index contributed by atoms with van der Waals surface area (Å²) in [5.74, 6) is -0.192. The fourth-order valence-corrected chi connectivity index (χ4v) is 3.57. The second-order valence-corrected chi connectivity index (χ2v) is 8.53. The number of nitrogens with one attached hydrogen (secondary N) is 2. The van der Waals surface area contributed by atoms with Gasteiger partial charge in [-0.3, -0.25) is 14.5 Å². The number of amides is 2. The van der Waals surface area contributed by atoms with E-state index in [2.05, 4.69) is 22.5 Å². The fraction of sp³-hybridized carbons (Fsp3) is 0.895. The van der Waals surface area contributed by atoms with Crippen LogP contribution in [0.3, 0.4) is 0 Å². The van der Waals surface area contributed by atoms with Crippen LogP contribution in [-0.2, 0) is 14.3 Å². The number of ether oxygens (including phenoxy) is 1. The van der Waals surface area contributed by atoms with Crippen molar-refractivity contribution in [1.82, 2.24) is 20.4 Å². The van der Waals surface area contributed by atoms with Crippen molar-refractivity contribution in [3.05, 3.63) is 0 Å². The normalized spacial score (nSPS) is 23.1. The zero-order valence-electron chi connectivity index (χ0n) is 16.8. The van der Waals surface area contributed by atoms with Gasteiger partial charge >= 0.3 is 0 Å². The minimum absolute atomic E-state index is 0.00149. The molecule has 0 aromatic carbocycles. The molecule has 150 valence electrons. The third-order valence-corrected chi connectivity index (χ3v) is 5.25. The molecule has 2 saturated heterocycles. The van der Waals surface area contributed by atoms with Crippen molar-refractivity contribution in [2.24, 2.45) is 5.41 Å². The molecule has 2 aliphatic heterocycles. The predicted octanol–water partition coefficient (Wildman–Crippen LogP) is 0.450. The average Bonchev–Trinajstić information content (AvgIpc) is 3.02. The molecule has 0 aliphatic carbocycles. The van der Waals surface area contributed by atoms with Crippen LogP contribution in [0, 0.1) is 5.41 Å². The first kappa shape index (κ1) is 21.1. The lowest BCUT2D eigenvalue weighted by atomic mass is 9.85. The topological polar surface area (TPSA) is 73.9 Å². The molecule has 0 aromatic rings. The molecule has 0 bridgehead atoms. The summed E-state index contributed by atoms with van der Waals surface area (Å²) < 4.78 is 5.54. The Labute approximate surface area is 157 Å². The maximum absolute atomic E-state index is 12.9. The number of carbonyl (C=O) groups is 2. The number of nitrogens with zero attached hydrogens (tertiary/aromatic N) is 2. The summed E-state index contributed by atoms with van der Waals surface area (Å²) >= 11 is 0. The van der Waals surface area contributed by atoms with E-state index >= 15 is 0 Å². The van der Waals surface area contributed by atoms with Gasteiger partial charge < -0.3 is 20.3 Å². The molecule has 26 heavy (non-hydrogen) atoms. The summed E-state index contributed by atoms with van der Waals surface area (Å²) in [5.41, 5.74) is -0.337. The Balaban J connectivity index is 1.77. The van der Waals surface area contributed by atoms with Crippen molar-refractivity contribution in [3.63, 3.8) is 0 Å². The Bertz CT molecular complexity index is 472. The molecular formula is C19H36N4O3. The molecule has 2 aliphatic rings. The number of hydrogen-bond acceptors (Lipinski definition) is 5. The Morgan fingerprint density at radius 2 is 1.92 bits per heavy atom. The lowest BCUT2D eigenvalue weighted by molar-refractivity contribution is -0.141. The molecule has 0 saturated carbocycles. The Morgan fingerprint density at radius 3 is 2.50 bits per heavy atom. The number of rotatable bonds is 7. The van der Waals surface area contributed by atoms with Crippen LogP contribution < -0.4 is 10.6 Å². The quantitative estimate of drug-likeness (QED) is 0.639. The molecule has 2 amide bonds. The first-order valence-corrected chi connectivity index (χ1v) is 9.89. The number of carbonyl (C=O) groups excluding carboxylic acids is 2. The summed E-state index contributed by atoms with van der Waals surface area (Å²) in [7, 11) is 0. The Morgan fingerprint density at radius 1 is 1.23 bits per heavy atom. The first-order valence-electron chi connectivity index (χ1n) is 9.89. The van der Waals surface area contributed by atoms with Gasteiger partial charge in [0.15, 0.2) is 0 Å². The number of piperazine rings is 1. The molecule has 7 heteroatoms. The van der Waals surface area contributed by atoms with E-state index in [4.69, 9.17) is 4.74 Å². The van der Waals surface area contributed by atoms with Crippen LogP contribution in [-0.4, -0.2) is 86.2 Å². The van der Waals surface area contributed by atoms with Crippen molar-refractivity contribution in [1.29, 1.82) is 0 Å². The van der Waals surface area contributed by atoms with Crippen LogP contribution in [0.2, 0.25) is 0 Å². The molecule has 0 spiro atoms. The van der Waals surface area contributed by atoms with Crippen molar-refractivity contribution in [2.75, 3.05) is 52.5 Å². The zero-order chi connectivity index (χ0) is 19.2. The summed E-state index contributed by atoms with van der Waals surface area (Å²) in [6, 6.07) is -0.271. The summed E-state index contributed by atoms with van der Waals surface area (Å²) in [5, 5.41) is 6.23. The van der Waals surface area contributed by atoms with E-state index in [1.54, 1.807) is 0 Å². The predicted molar refractivity (Wildman–Crippen MR) is 102 cm³/mol. The third kappa shape index (κ3) is 6.21. The van der Waals surface area contributed by atoms with Crippen molar-refractivity contribution in [2.45, 2.75) is 52.6 Å². The minimum Gasteiger partial charge on any atom is -0.370 e. The van der Waals surface area contributed by atoms with Gasteiger partial charge in [0.1, 0.15) is 12.6 Å². The van der Waals surface area contributed by atoms with Gasteiger partial charge in [-0.05, 0) is 25.2 Å². The largest absolute Gasteiger partial charge is 0.370 e. The molecule has 2 rings (SSSR count). The molecule has 2 N–H and O–H groups in total. The van der Waals surface area contributed by atoms with E-state index < -0.39 is 6.04 Å². The summed E-state index contributed by atoms with van der Waals surface area (Å²) in [4.78, 5) is 29.5. The van der Waals surface area contributed by atoms with Gasteiger partial charge in [0, 0.05) is 45.3 Å². The van der Waals surface area contributed by atoms with E-state index in [1.165, 1.54) is 0 Å². The van der Waals surface area contributed by atoms with Gasteiger partial charge in [0.25, 0.3) is 0 Å². The van der Waals surface area contributed by atoms with Crippen LogP contribution in [0.25, 0.3) is 0 Å². The van der Waals surface area contributed by atoms with Gasteiger partial charge in [-0.1, -0.05) is 20.8 Å². The molecule has 0 aromatic heterocycles. The highest BCUT2D eigenvalue weighted by molar-refractivity contribution is 5.89. The standard InChI is InChI=1S/C19H36N4O3/c1-15-6-5-9-23(15)18(25)17(19(2,3)4)21-16(24)14-26-13-12-22-10-7-20-8-11-22/h15,17,20H,5-14H2,1-4H3,(H,21,24). The minimum atomic E-state index is -0.521. The van der Waals surface area contributed by atoms with Gasteiger partial charge in [0.2, 0.25) is 11.8 Å². The van der Waals surface area contributed by atoms with Gasteiger partial charge in [-0.25, -0.2) is 0 Å². The second kappa shape index (κ2) is 9.67. The monoisotopic (exact) mass is 368 g/mol. The van der Waals surface area contributed by atoms with Gasteiger partial charge in [0.05, 0.1) is 6.61 Å². The fourth-order valence-electron chi connectivity index (χ4n) is 3.57. The van der Waals surface area contributed by atoms with E-state index in [9.17, 15) is 9.59 Å². The zero-order valence-corrected chi connectivity index (χ0v) is 16.8. The first-order chi connectivity index (χ1) is 12.3. The average molecular weight is 369 g/mol. The summed E-state index contributed by atoms with van der Waals surface area (Å²) in [6.07, 6.45) is 2.07. The van der Waals surface area contributed by atoms with Gasteiger partial charge in [-0.15, -0.1) is 0 Å². The molecular weight excluding hydrogens is 332 g/mol. The van der Waals surface area contributed by atoms with E-state index in [0.29, 0.717) is 6.61 Å². The van der Waals surface area contributed by atoms with E-state index in [-0.39, 0.29) is 29.9 Å². The maximum atomic E-state index is 12.9.